The molecule has 1 aliphatic heterocycles. The minimum Gasteiger partial charge on any atom is -0.350 e. The van der Waals surface area contributed by atoms with Gasteiger partial charge in [-0.3, -0.25) is 9.69 Å². The number of hydrogen-bond acceptors (Lipinski definition) is 2. The Morgan fingerprint density at radius 2 is 1.39 bits per heavy atom. The Bertz CT molecular complexity index is 757. The van der Waals surface area contributed by atoms with Gasteiger partial charge in [0.2, 0.25) is 0 Å². The van der Waals surface area contributed by atoms with E-state index in [9.17, 15) is 4.79 Å². The van der Waals surface area contributed by atoms with Gasteiger partial charge in [0.1, 0.15) is 0 Å². The van der Waals surface area contributed by atoms with Crippen LogP contribution in [-0.4, -0.2) is 36.0 Å². The number of amides is 1. The van der Waals surface area contributed by atoms with Crippen LogP contribution in [0.5, 0.6) is 0 Å². The molecule has 1 amide bonds. The number of carbonyl (C=O) groups is 1. The van der Waals surface area contributed by atoms with Crippen molar-refractivity contribution in [3.63, 3.8) is 0 Å². The molecule has 148 valence electrons. The smallest absolute Gasteiger partial charge is 0.251 e. The van der Waals surface area contributed by atoms with Crippen LogP contribution < -0.4 is 5.32 Å². The lowest BCUT2D eigenvalue weighted by Crippen LogP contribution is -2.58. The lowest BCUT2D eigenvalue weighted by Gasteiger charge is -2.48. The number of carbonyl (C=O) groups excluding carboxylic acids is 1. The molecule has 0 aromatic heterocycles. The fraction of sp³-hybridized carbons (Fsp3) is 0.480. The molecule has 1 saturated heterocycles. The first kappa shape index (κ1) is 19.2. The summed E-state index contributed by atoms with van der Waals surface area (Å²) in [6.45, 7) is 3.18. The summed E-state index contributed by atoms with van der Waals surface area (Å²) in [7, 11) is 0. The number of hydrogen-bond donors (Lipinski definition) is 1. The first-order valence-corrected chi connectivity index (χ1v) is 11.0. The first-order valence-electron chi connectivity index (χ1n) is 11.0. The van der Waals surface area contributed by atoms with Crippen LogP contribution in [0.4, 0.5) is 0 Å². The Morgan fingerprint density at radius 3 is 2.07 bits per heavy atom. The van der Waals surface area contributed by atoms with Gasteiger partial charge in [-0.1, -0.05) is 68.1 Å². The van der Waals surface area contributed by atoms with Crippen LogP contribution in [0.2, 0.25) is 0 Å². The molecule has 3 nitrogen and oxygen atoms in total. The number of likely N-dealkylation sites (tertiary alicyclic amines) is 1. The molecule has 2 fully saturated rings. The maximum absolute atomic E-state index is 12.8. The van der Waals surface area contributed by atoms with E-state index >= 15 is 0 Å². The zero-order valence-corrected chi connectivity index (χ0v) is 16.8. The highest BCUT2D eigenvalue weighted by atomic mass is 16.1. The van der Waals surface area contributed by atoms with Crippen LogP contribution in [0.25, 0.3) is 11.1 Å². The lowest BCUT2D eigenvalue weighted by molar-refractivity contribution is 0.0326. The molecule has 2 aromatic carbocycles. The van der Waals surface area contributed by atoms with Gasteiger partial charge in [-0.05, 0) is 62.0 Å². The van der Waals surface area contributed by atoms with Crippen molar-refractivity contribution < 1.29 is 4.79 Å². The molecular weight excluding hydrogens is 344 g/mol. The van der Waals surface area contributed by atoms with E-state index in [4.69, 9.17) is 0 Å². The van der Waals surface area contributed by atoms with E-state index < -0.39 is 0 Å². The highest BCUT2D eigenvalue weighted by Crippen LogP contribution is 2.35. The van der Waals surface area contributed by atoms with Gasteiger partial charge in [-0.25, -0.2) is 0 Å². The fourth-order valence-electron chi connectivity index (χ4n) is 4.97. The van der Waals surface area contributed by atoms with Crippen molar-refractivity contribution in [1.82, 2.24) is 10.2 Å². The molecule has 2 aliphatic rings. The van der Waals surface area contributed by atoms with Crippen molar-refractivity contribution in [2.75, 3.05) is 19.6 Å². The van der Waals surface area contributed by atoms with E-state index in [0.29, 0.717) is 0 Å². The van der Waals surface area contributed by atoms with E-state index in [-0.39, 0.29) is 11.4 Å². The third-order valence-electron chi connectivity index (χ3n) is 6.64. The second-order valence-electron chi connectivity index (χ2n) is 8.46. The number of nitrogens with one attached hydrogen (secondary N) is 1. The molecule has 1 heterocycles. The second-order valence-corrected chi connectivity index (χ2v) is 8.46. The Morgan fingerprint density at radius 1 is 0.786 bits per heavy atom. The van der Waals surface area contributed by atoms with Crippen molar-refractivity contribution >= 4 is 5.91 Å². The number of benzene rings is 2. The minimum absolute atomic E-state index is 0.0570. The van der Waals surface area contributed by atoms with Crippen molar-refractivity contribution in [2.24, 2.45) is 0 Å². The zero-order valence-electron chi connectivity index (χ0n) is 16.8. The normalized spacial score (nSPS) is 19.9. The molecule has 1 N–H and O–H groups in total. The summed E-state index contributed by atoms with van der Waals surface area (Å²) in [5, 5.41) is 3.29. The monoisotopic (exact) mass is 376 g/mol. The van der Waals surface area contributed by atoms with Crippen LogP contribution in [0.3, 0.4) is 0 Å². The molecular formula is C25H32N2O. The fourth-order valence-corrected chi connectivity index (χ4v) is 4.97. The molecule has 1 aliphatic carbocycles. The third kappa shape index (κ3) is 4.30. The molecule has 2 aromatic rings. The summed E-state index contributed by atoms with van der Waals surface area (Å²) >= 11 is 0. The predicted molar refractivity (Wildman–Crippen MR) is 115 cm³/mol. The topological polar surface area (TPSA) is 32.3 Å². The quantitative estimate of drug-likeness (QED) is 0.771. The SMILES string of the molecule is O=C(NCC1(N2CCCCC2)CCCCC1)c1ccc(-c2ccccc2)cc1. The molecule has 28 heavy (non-hydrogen) atoms. The Balaban J connectivity index is 1.42. The third-order valence-corrected chi connectivity index (χ3v) is 6.64. The average molecular weight is 377 g/mol. The maximum Gasteiger partial charge on any atom is 0.251 e. The summed E-state index contributed by atoms with van der Waals surface area (Å²) < 4.78 is 0. The van der Waals surface area contributed by atoms with Crippen molar-refractivity contribution in [2.45, 2.75) is 56.9 Å². The highest BCUT2D eigenvalue weighted by molar-refractivity contribution is 5.94. The van der Waals surface area contributed by atoms with Gasteiger partial charge in [0.15, 0.2) is 0 Å². The van der Waals surface area contributed by atoms with Gasteiger partial charge < -0.3 is 5.32 Å². The number of piperidine rings is 1. The van der Waals surface area contributed by atoms with Crippen LogP contribution in [0, 0.1) is 0 Å². The van der Waals surface area contributed by atoms with Crippen molar-refractivity contribution in [3.8, 4) is 11.1 Å². The van der Waals surface area contributed by atoms with Gasteiger partial charge in [-0.2, -0.15) is 0 Å². The zero-order chi connectivity index (χ0) is 19.2. The maximum atomic E-state index is 12.8. The molecule has 0 atom stereocenters. The molecule has 4 rings (SSSR count). The molecule has 0 spiro atoms. The molecule has 0 radical (unpaired) electrons. The average Bonchev–Trinajstić information content (AvgIpc) is 2.79. The van der Waals surface area contributed by atoms with Crippen LogP contribution in [0.15, 0.2) is 54.6 Å². The van der Waals surface area contributed by atoms with Gasteiger partial charge in [0.05, 0.1) is 0 Å². The van der Waals surface area contributed by atoms with Gasteiger partial charge in [0.25, 0.3) is 5.91 Å². The van der Waals surface area contributed by atoms with Crippen LogP contribution in [-0.2, 0) is 0 Å². The van der Waals surface area contributed by atoms with E-state index in [1.165, 1.54) is 70.0 Å². The highest BCUT2D eigenvalue weighted by Gasteiger charge is 2.38. The summed E-state index contributed by atoms with van der Waals surface area (Å²) in [6.07, 6.45) is 10.3. The number of rotatable bonds is 5. The Labute approximate surface area is 169 Å². The largest absolute Gasteiger partial charge is 0.350 e. The minimum atomic E-state index is 0.0570. The van der Waals surface area contributed by atoms with E-state index in [1.54, 1.807) is 0 Å². The van der Waals surface area contributed by atoms with Gasteiger partial charge in [-0.15, -0.1) is 0 Å². The molecule has 0 unspecified atom stereocenters. The standard InChI is InChI=1S/C25H32N2O/c28-24(23-14-12-22(13-15-23)21-10-4-1-5-11-21)26-20-25(16-6-2-7-17-25)27-18-8-3-9-19-27/h1,4-5,10-15H,2-3,6-9,16-20H2,(H,26,28). The second kappa shape index (κ2) is 8.91. The van der Waals surface area contributed by atoms with Crippen molar-refractivity contribution in [3.05, 3.63) is 60.2 Å². The molecule has 1 saturated carbocycles. The van der Waals surface area contributed by atoms with Crippen LogP contribution >= 0.6 is 0 Å². The van der Waals surface area contributed by atoms with Crippen LogP contribution in [0.1, 0.15) is 61.7 Å². The summed E-state index contributed by atoms with van der Waals surface area (Å²) in [6, 6.07) is 18.3. The van der Waals surface area contributed by atoms with E-state index in [0.717, 1.165) is 17.7 Å². The van der Waals surface area contributed by atoms with E-state index in [1.807, 2.05) is 42.5 Å². The molecule has 0 bridgehead atoms. The summed E-state index contributed by atoms with van der Waals surface area (Å²) in [4.78, 5) is 15.5. The Kier molecular flexibility index (Phi) is 6.11. The van der Waals surface area contributed by atoms with Gasteiger partial charge in [0, 0.05) is 17.6 Å². The van der Waals surface area contributed by atoms with Crippen molar-refractivity contribution in [1.29, 1.82) is 0 Å². The summed E-state index contributed by atoms with van der Waals surface area (Å²) in [5.41, 5.74) is 3.26. The van der Waals surface area contributed by atoms with Gasteiger partial charge >= 0.3 is 0 Å². The first-order chi connectivity index (χ1) is 13.8. The predicted octanol–water partition coefficient (Wildman–Crippen LogP) is 5.27. The molecule has 3 heteroatoms. The Hall–Kier alpha value is -2.13. The number of nitrogens with zero attached hydrogens (tertiary/aromatic N) is 1. The summed E-state index contributed by atoms with van der Waals surface area (Å²) in [5.74, 6) is 0.0570. The van der Waals surface area contributed by atoms with E-state index in [2.05, 4.69) is 22.3 Å². The lowest BCUT2D eigenvalue weighted by atomic mass is 9.79.